The van der Waals surface area contributed by atoms with Gasteiger partial charge in [0.15, 0.2) is 0 Å². The molecule has 2 nitrogen and oxygen atoms in total. The number of hydrogen-bond acceptors (Lipinski definition) is 3. The monoisotopic (exact) mass is 251 g/mol. The number of nitrogens with one attached hydrogen (secondary N) is 1. The van der Waals surface area contributed by atoms with E-state index in [1.165, 1.54) is 5.56 Å². The summed E-state index contributed by atoms with van der Waals surface area (Å²) in [5.41, 5.74) is 1.29. The number of methoxy groups -OCH3 is 1. The van der Waals surface area contributed by atoms with Gasteiger partial charge in [-0.2, -0.15) is 11.8 Å². The van der Waals surface area contributed by atoms with Crippen LogP contribution < -0.4 is 10.1 Å². The van der Waals surface area contributed by atoms with E-state index in [9.17, 15) is 0 Å². The third-order valence-corrected chi connectivity index (χ3v) is 3.51. The second-order valence-electron chi connectivity index (χ2n) is 3.81. The van der Waals surface area contributed by atoms with E-state index in [2.05, 4.69) is 31.0 Å². The van der Waals surface area contributed by atoms with Gasteiger partial charge in [-0.15, -0.1) is 6.58 Å². The summed E-state index contributed by atoms with van der Waals surface area (Å²) in [7, 11) is 1.69. The molecule has 1 rings (SSSR count). The number of benzene rings is 1. The average Bonchev–Trinajstić information content (AvgIpc) is 2.38. The molecule has 0 heterocycles. The molecule has 1 aromatic rings. The number of hydrogen-bond donors (Lipinski definition) is 1. The first-order chi connectivity index (χ1) is 8.27. The Balaban J connectivity index is 2.30. The summed E-state index contributed by atoms with van der Waals surface area (Å²) in [6.07, 6.45) is 1.94. The van der Waals surface area contributed by atoms with Crippen LogP contribution in [0.5, 0.6) is 5.75 Å². The number of ether oxygens (including phenoxy) is 1. The molecule has 1 unspecified atom stereocenters. The fourth-order valence-electron chi connectivity index (χ4n) is 1.52. The predicted octanol–water partition coefficient (Wildman–Crippen LogP) is 3.27. The van der Waals surface area contributed by atoms with Crippen molar-refractivity contribution in [2.75, 3.05) is 25.2 Å². The standard InChI is InChI=1S/C14H21NOS/c1-4-10-17-11-9-15-12(2)13-5-7-14(16-3)8-6-13/h4-8,12,15H,1,9-11H2,2-3H3. The summed E-state index contributed by atoms with van der Waals surface area (Å²) in [4.78, 5) is 0. The molecule has 0 saturated carbocycles. The van der Waals surface area contributed by atoms with E-state index in [1.54, 1.807) is 7.11 Å². The average molecular weight is 251 g/mol. The number of thioether (sulfide) groups is 1. The highest BCUT2D eigenvalue weighted by molar-refractivity contribution is 7.99. The van der Waals surface area contributed by atoms with Gasteiger partial charge in [-0.05, 0) is 24.6 Å². The Bertz CT molecular complexity index is 323. The summed E-state index contributed by atoms with van der Waals surface area (Å²) in [5.74, 6) is 3.05. The third kappa shape index (κ3) is 5.29. The summed E-state index contributed by atoms with van der Waals surface area (Å²) in [5, 5.41) is 3.50. The molecule has 1 atom stereocenters. The Morgan fingerprint density at radius 3 is 2.71 bits per heavy atom. The van der Waals surface area contributed by atoms with Crippen LogP contribution >= 0.6 is 11.8 Å². The van der Waals surface area contributed by atoms with Crippen LogP contribution in [0, 0.1) is 0 Å². The normalized spacial score (nSPS) is 12.1. The largest absolute Gasteiger partial charge is 0.497 e. The van der Waals surface area contributed by atoms with Crippen LogP contribution in [0.15, 0.2) is 36.9 Å². The summed E-state index contributed by atoms with van der Waals surface area (Å²) in [6.45, 7) is 6.90. The fourth-order valence-corrected chi connectivity index (χ4v) is 2.12. The molecule has 1 N–H and O–H groups in total. The van der Waals surface area contributed by atoms with Crippen LogP contribution in [0.3, 0.4) is 0 Å². The molecule has 0 bridgehead atoms. The Morgan fingerprint density at radius 1 is 1.41 bits per heavy atom. The highest BCUT2D eigenvalue weighted by atomic mass is 32.2. The first-order valence-corrected chi connectivity index (χ1v) is 6.99. The molecule has 94 valence electrons. The first kappa shape index (κ1) is 14.1. The molecule has 1 aromatic carbocycles. The van der Waals surface area contributed by atoms with E-state index in [4.69, 9.17) is 4.74 Å². The van der Waals surface area contributed by atoms with Crippen molar-refractivity contribution in [2.45, 2.75) is 13.0 Å². The molecule has 3 heteroatoms. The smallest absolute Gasteiger partial charge is 0.118 e. The maximum atomic E-state index is 5.14. The second-order valence-corrected chi connectivity index (χ2v) is 4.96. The lowest BCUT2D eigenvalue weighted by Gasteiger charge is -2.14. The van der Waals surface area contributed by atoms with Crippen LogP contribution in [0.1, 0.15) is 18.5 Å². The molecule has 0 aliphatic heterocycles. The van der Waals surface area contributed by atoms with Crippen molar-refractivity contribution in [3.63, 3.8) is 0 Å². The van der Waals surface area contributed by atoms with Gasteiger partial charge in [0.25, 0.3) is 0 Å². The van der Waals surface area contributed by atoms with Crippen molar-refractivity contribution in [1.82, 2.24) is 5.32 Å². The van der Waals surface area contributed by atoms with Gasteiger partial charge in [-0.3, -0.25) is 0 Å². The van der Waals surface area contributed by atoms with Crippen molar-refractivity contribution in [3.05, 3.63) is 42.5 Å². The van der Waals surface area contributed by atoms with Gasteiger partial charge in [-0.1, -0.05) is 18.2 Å². The zero-order chi connectivity index (χ0) is 12.5. The number of rotatable bonds is 8. The maximum Gasteiger partial charge on any atom is 0.118 e. The maximum absolute atomic E-state index is 5.14. The molecular weight excluding hydrogens is 230 g/mol. The Labute approximate surface area is 108 Å². The Hall–Kier alpha value is -0.930. The molecule has 0 aliphatic rings. The minimum absolute atomic E-state index is 0.380. The van der Waals surface area contributed by atoms with Crippen LogP contribution in [0.4, 0.5) is 0 Å². The molecule has 0 amide bonds. The van der Waals surface area contributed by atoms with Crippen molar-refractivity contribution in [2.24, 2.45) is 0 Å². The van der Waals surface area contributed by atoms with Gasteiger partial charge in [0, 0.05) is 24.1 Å². The van der Waals surface area contributed by atoms with Crippen molar-refractivity contribution in [1.29, 1.82) is 0 Å². The van der Waals surface area contributed by atoms with Gasteiger partial charge in [0.1, 0.15) is 5.75 Å². The third-order valence-electron chi connectivity index (χ3n) is 2.55. The Kier molecular flexibility index (Phi) is 6.82. The SMILES string of the molecule is C=CCSCCNC(C)c1ccc(OC)cc1. The van der Waals surface area contributed by atoms with Gasteiger partial charge >= 0.3 is 0 Å². The summed E-state index contributed by atoms with van der Waals surface area (Å²) in [6, 6.07) is 8.59. The van der Waals surface area contributed by atoms with Gasteiger partial charge in [0.2, 0.25) is 0 Å². The van der Waals surface area contributed by atoms with Crippen molar-refractivity contribution >= 4 is 11.8 Å². The van der Waals surface area contributed by atoms with Crippen molar-refractivity contribution < 1.29 is 4.74 Å². The van der Waals surface area contributed by atoms with Crippen LogP contribution in [-0.4, -0.2) is 25.2 Å². The second kappa shape index (κ2) is 8.20. The molecular formula is C14H21NOS. The molecule has 17 heavy (non-hydrogen) atoms. The quantitative estimate of drug-likeness (QED) is 0.566. The van der Waals surface area contributed by atoms with E-state index in [0.29, 0.717) is 6.04 Å². The predicted molar refractivity (Wildman–Crippen MR) is 76.9 cm³/mol. The van der Waals surface area contributed by atoms with E-state index in [1.807, 2.05) is 30.0 Å². The van der Waals surface area contributed by atoms with E-state index >= 15 is 0 Å². The van der Waals surface area contributed by atoms with E-state index in [0.717, 1.165) is 23.8 Å². The summed E-state index contributed by atoms with van der Waals surface area (Å²) >= 11 is 1.90. The molecule has 0 aliphatic carbocycles. The first-order valence-electron chi connectivity index (χ1n) is 5.84. The minimum Gasteiger partial charge on any atom is -0.497 e. The summed E-state index contributed by atoms with van der Waals surface area (Å²) < 4.78 is 5.14. The molecule has 0 spiro atoms. The topological polar surface area (TPSA) is 21.3 Å². The lowest BCUT2D eigenvalue weighted by atomic mass is 10.1. The highest BCUT2D eigenvalue weighted by Gasteiger charge is 2.03. The Morgan fingerprint density at radius 2 is 2.12 bits per heavy atom. The lowest BCUT2D eigenvalue weighted by Crippen LogP contribution is -2.21. The molecule has 0 fully saturated rings. The molecule has 0 saturated heterocycles. The van der Waals surface area contributed by atoms with Crippen LogP contribution in [0.2, 0.25) is 0 Å². The van der Waals surface area contributed by atoms with Gasteiger partial charge in [0.05, 0.1) is 7.11 Å². The zero-order valence-electron chi connectivity index (χ0n) is 10.6. The molecule has 0 aromatic heterocycles. The highest BCUT2D eigenvalue weighted by Crippen LogP contribution is 2.17. The van der Waals surface area contributed by atoms with Gasteiger partial charge < -0.3 is 10.1 Å². The fraction of sp³-hybridized carbons (Fsp3) is 0.429. The lowest BCUT2D eigenvalue weighted by molar-refractivity contribution is 0.414. The molecule has 0 radical (unpaired) electrons. The zero-order valence-corrected chi connectivity index (χ0v) is 11.4. The van der Waals surface area contributed by atoms with E-state index in [-0.39, 0.29) is 0 Å². The van der Waals surface area contributed by atoms with Crippen LogP contribution in [0.25, 0.3) is 0 Å². The van der Waals surface area contributed by atoms with E-state index < -0.39 is 0 Å². The van der Waals surface area contributed by atoms with Gasteiger partial charge in [-0.25, -0.2) is 0 Å². The van der Waals surface area contributed by atoms with Crippen molar-refractivity contribution in [3.8, 4) is 5.75 Å². The minimum atomic E-state index is 0.380. The van der Waals surface area contributed by atoms with Crippen LogP contribution in [-0.2, 0) is 0 Å².